The van der Waals surface area contributed by atoms with Crippen LogP contribution in [-0.4, -0.2) is 37.5 Å². The molecule has 16 heavy (non-hydrogen) atoms. The second-order valence-corrected chi connectivity index (χ2v) is 3.33. The van der Waals surface area contributed by atoms with Crippen LogP contribution in [0.5, 0.6) is 5.75 Å². The maximum Gasteiger partial charge on any atom is 0.337 e. The van der Waals surface area contributed by atoms with Gasteiger partial charge in [-0.15, -0.1) is 0 Å². The van der Waals surface area contributed by atoms with Gasteiger partial charge in [0, 0.05) is 12.6 Å². The van der Waals surface area contributed by atoms with Gasteiger partial charge < -0.3 is 14.7 Å². The highest BCUT2D eigenvalue weighted by Crippen LogP contribution is 2.21. The number of hydrogen-bond acceptors (Lipinski definition) is 5. The van der Waals surface area contributed by atoms with Crippen molar-refractivity contribution in [1.82, 2.24) is 5.06 Å². The average molecular weight is 225 g/mol. The van der Waals surface area contributed by atoms with E-state index in [1.807, 2.05) is 0 Å². The van der Waals surface area contributed by atoms with E-state index in [1.165, 1.54) is 21.3 Å². The lowest BCUT2D eigenvalue weighted by atomic mass is 10.1. The summed E-state index contributed by atoms with van der Waals surface area (Å²) < 4.78 is 9.74. The monoisotopic (exact) mass is 225 g/mol. The molecule has 0 spiro atoms. The van der Waals surface area contributed by atoms with Crippen LogP contribution in [0.2, 0.25) is 0 Å². The summed E-state index contributed by atoms with van der Waals surface area (Å²) in [5.41, 5.74) is 1.15. The van der Waals surface area contributed by atoms with Crippen molar-refractivity contribution in [3.05, 3.63) is 29.3 Å². The summed E-state index contributed by atoms with van der Waals surface area (Å²) in [4.78, 5) is 11.3. The lowest BCUT2D eigenvalue weighted by Gasteiger charge is -2.13. The standard InChI is InChI=1S/C11H15NO4/c1-12(14)7-9-6-8(11(13)16-3)4-5-10(9)15-2/h4-6,14H,7H2,1-3H3. The van der Waals surface area contributed by atoms with E-state index in [0.29, 0.717) is 11.3 Å². The van der Waals surface area contributed by atoms with Crippen LogP contribution in [0.15, 0.2) is 18.2 Å². The number of nitrogens with zero attached hydrogens (tertiary/aromatic N) is 1. The Morgan fingerprint density at radius 1 is 1.44 bits per heavy atom. The number of hydroxylamine groups is 2. The largest absolute Gasteiger partial charge is 0.496 e. The van der Waals surface area contributed by atoms with E-state index in [0.717, 1.165) is 10.6 Å². The quantitative estimate of drug-likeness (QED) is 0.618. The van der Waals surface area contributed by atoms with Gasteiger partial charge in [0.05, 0.1) is 26.3 Å². The van der Waals surface area contributed by atoms with Crippen LogP contribution in [0.1, 0.15) is 15.9 Å². The van der Waals surface area contributed by atoms with Crippen LogP contribution < -0.4 is 4.74 Å². The molecule has 5 nitrogen and oxygen atoms in total. The normalized spacial score (nSPS) is 10.3. The Bertz CT molecular complexity index is 376. The SMILES string of the molecule is COC(=O)c1ccc(OC)c(CN(C)O)c1. The molecule has 1 rings (SSSR count). The molecular weight excluding hydrogens is 210 g/mol. The first kappa shape index (κ1) is 12.5. The first-order chi connectivity index (χ1) is 7.58. The molecule has 0 fully saturated rings. The van der Waals surface area contributed by atoms with E-state index < -0.39 is 5.97 Å². The van der Waals surface area contributed by atoms with E-state index in [2.05, 4.69) is 4.74 Å². The van der Waals surface area contributed by atoms with Gasteiger partial charge in [0.2, 0.25) is 0 Å². The van der Waals surface area contributed by atoms with Crippen molar-refractivity contribution in [2.45, 2.75) is 6.54 Å². The smallest absolute Gasteiger partial charge is 0.337 e. The van der Waals surface area contributed by atoms with Crippen LogP contribution >= 0.6 is 0 Å². The van der Waals surface area contributed by atoms with Crippen molar-refractivity contribution < 1.29 is 19.5 Å². The molecule has 0 atom stereocenters. The topological polar surface area (TPSA) is 59.0 Å². The minimum absolute atomic E-state index is 0.272. The Morgan fingerprint density at radius 2 is 2.12 bits per heavy atom. The molecule has 0 aliphatic carbocycles. The minimum atomic E-state index is -0.413. The Balaban J connectivity index is 3.05. The molecule has 0 amide bonds. The van der Waals surface area contributed by atoms with E-state index >= 15 is 0 Å². The van der Waals surface area contributed by atoms with Gasteiger partial charge in [-0.05, 0) is 18.2 Å². The number of hydrogen-bond donors (Lipinski definition) is 1. The number of carbonyl (C=O) groups excluding carboxylic acids is 1. The second-order valence-electron chi connectivity index (χ2n) is 3.33. The minimum Gasteiger partial charge on any atom is -0.496 e. The summed E-state index contributed by atoms with van der Waals surface area (Å²) in [6.45, 7) is 0.272. The Labute approximate surface area is 94.2 Å². The van der Waals surface area contributed by atoms with Crippen LogP contribution in [0.4, 0.5) is 0 Å². The predicted octanol–water partition coefficient (Wildman–Crippen LogP) is 1.30. The van der Waals surface area contributed by atoms with Gasteiger partial charge in [0.1, 0.15) is 5.75 Å². The Morgan fingerprint density at radius 3 is 2.62 bits per heavy atom. The Hall–Kier alpha value is -1.59. The maximum atomic E-state index is 11.3. The summed E-state index contributed by atoms with van der Waals surface area (Å²) in [5, 5.41) is 10.2. The van der Waals surface area contributed by atoms with E-state index in [9.17, 15) is 10.0 Å². The molecule has 5 heteroatoms. The van der Waals surface area contributed by atoms with Crippen LogP contribution in [0, 0.1) is 0 Å². The summed E-state index contributed by atoms with van der Waals surface area (Å²) in [5.74, 6) is 0.207. The fourth-order valence-corrected chi connectivity index (χ4v) is 1.39. The van der Waals surface area contributed by atoms with Gasteiger partial charge in [-0.2, -0.15) is 5.06 Å². The van der Waals surface area contributed by atoms with Crippen molar-refractivity contribution >= 4 is 5.97 Å². The van der Waals surface area contributed by atoms with Crippen molar-refractivity contribution in [2.75, 3.05) is 21.3 Å². The third-order valence-corrected chi connectivity index (χ3v) is 2.10. The van der Waals surface area contributed by atoms with Gasteiger partial charge in [0.25, 0.3) is 0 Å². The third kappa shape index (κ3) is 2.95. The molecule has 88 valence electrons. The van der Waals surface area contributed by atoms with Crippen LogP contribution in [0.25, 0.3) is 0 Å². The van der Waals surface area contributed by atoms with Crippen LogP contribution in [-0.2, 0) is 11.3 Å². The highest BCUT2D eigenvalue weighted by Gasteiger charge is 2.11. The number of benzene rings is 1. The zero-order valence-electron chi connectivity index (χ0n) is 9.56. The zero-order chi connectivity index (χ0) is 12.1. The molecule has 0 radical (unpaired) electrons. The number of methoxy groups -OCH3 is 2. The molecule has 1 N–H and O–H groups in total. The van der Waals surface area contributed by atoms with Crippen molar-refractivity contribution in [2.24, 2.45) is 0 Å². The molecule has 0 unspecified atom stereocenters. The average Bonchev–Trinajstić information content (AvgIpc) is 2.27. The van der Waals surface area contributed by atoms with Crippen LogP contribution in [0.3, 0.4) is 0 Å². The molecule has 0 saturated carbocycles. The number of esters is 1. The molecule has 1 aromatic carbocycles. The summed E-state index contributed by atoms with van der Waals surface area (Å²) in [6, 6.07) is 4.92. The summed E-state index contributed by atoms with van der Waals surface area (Å²) in [6.07, 6.45) is 0. The molecular formula is C11H15NO4. The third-order valence-electron chi connectivity index (χ3n) is 2.10. The lowest BCUT2D eigenvalue weighted by molar-refractivity contribution is -0.0735. The van der Waals surface area contributed by atoms with Gasteiger partial charge in [-0.3, -0.25) is 0 Å². The second kappa shape index (κ2) is 5.48. The molecule has 0 aliphatic rings. The lowest BCUT2D eigenvalue weighted by Crippen LogP contribution is -2.13. The highest BCUT2D eigenvalue weighted by atomic mass is 16.5. The molecule has 0 aromatic heterocycles. The zero-order valence-corrected chi connectivity index (χ0v) is 9.56. The first-order valence-corrected chi connectivity index (χ1v) is 4.73. The molecule has 0 aliphatic heterocycles. The molecule has 1 aromatic rings. The first-order valence-electron chi connectivity index (χ1n) is 4.73. The molecule has 0 heterocycles. The fourth-order valence-electron chi connectivity index (χ4n) is 1.39. The summed E-state index contributed by atoms with van der Waals surface area (Å²) >= 11 is 0. The summed E-state index contributed by atoms with van der Waals surface area (Å²) in [7, 11) is 4.38. The maximum absolute atomic E-state index is 11.3. The molecule has 0 bridgehead atoms. The van der Waals surface area contributed by atoms with Crippen molar-refractivity contribution in [3.63, 3.8) is 0 Å². The van der Waals surface area contributed by atoms with Gasteiger partial charge in [-0.1, -0.05) is 0 Å². The van der Waals surface area contributed by atoms with Crippen molar-refractivity contribution in [3.8, 4) is 5.75 Å². The predicted molar refractivity (Wildman–Crippen MR) is 57.6 cm³/mol. The van der Waals surface area contributed by atoms with E-state index in [-0.39, 0.29) is 6.54 Å². The van der Waals surface area contributed by atoms with Gasteiger partial charge in [0.15, 0.2) is 0 Å². The van der Waals surface area contributed by atoms with E-state index in [1.54, 1.807) is 18.2 Å². The number of ether oxygens (including phenoxy) is 2. The highest BCUT2D eigenvalue weighted by molar-refractivity contribution is 5.89. The molecule has 0 saturated heterocycles. The van der Waals surface area contributed by atoms with Gasteiger partial charge in [-0.25, -0.2) is 4.79 Å². The van der Waals surface area contributed by atoms with Crippen molar-refractivity contribution in [1.29, 1.82) is 0 Å². The van der Waals surface area contributed by atoms with E-state index in [4.69, 9.17) is 4.74 Å². The fraction of sp³-hybridized carbons (Fsp3) is 0.364. The van der Waals surface area contributed by atoms with Gasteiger partial charge >= 0.3 is 5.97 Å². The Kier molecular flexibility index (Phi) is 4.28. The number of rotatable bonds is 4. The number of carbonyl (C=O) groups is 1.